The summed E-state index contributed by atoms with van der Waals surface area (Å²) in [6.07, 6.45) is 0. The zero-order valence-electron chi connectivity index (χ0n) is 17.6. The molecular formula is C24H21ClN4O2S. The van der Waals surface area contributed by atoms with Gasteiger partial charge in [-0.25, -0.2) is 0 Å². The molecule has 0 aliphatic carbocycles. The fourth-order valence-electron chi connectivity index (χ4n) is 3.19. The number of methoxy groups -OCH3 is 1. The highest BCUT2D eigenvalue weighted by molar-refractivity contribution is 7.99. The minimum atomic E-state index is -0.154. The highest BCUT2D eigenvalue weighted by atomic mass is 35.5. The van der Waals surface area contributed by atoms with Crippen LogP contribution in [-0.4, -0.2) is 33.5 Å². The molecule has 1 aromatic heterocycles. The maximum Gasteiger partial charge on any atom is 0.234 e. The summed E-state index contributed by atoms with van der Waals surface area (Å²) in [7, 11) is 1.63. The van der Waals surface area contributed by atoms with Gasteiger partial charge in [0.15, 0.2) is 11.0 Å². The predicted molar refractivity (Wildman–Crippen MR) is 129 cm³/mol. The van der Waals surface area contributed by atoms with Gasteiger partial charge in [-0.3, -0.25) is 9.36 Å². The molecule has 0 aliphatic heterocycles. The number of ether oxygens (including phenoxy) is 1. The molecular weight excluding hydrogens is 444 g/mol. The number of carbonyl (C=O) groups is 1. The van der Waals surface area contributed by atoms with Crippen LogP contribution in [0.1, 0.15) is 5.56 Å². The Morgan fingerprint density at radius 1 is 1.06 bits per heavy atom. The van der Waals surface area contributed by atoms with Crippen LogP contribution >= 0.6 is 23.4 Å². The molecule has 32 heavy (non-hydrogen) atoms. The van der Waals surface area contributed by atoms with Crippen molar-refractivity contribution < 1.29 is 9.53 Å². The number of aryl methyl sites for hydroxylation is 1. The average molecular weight is 465 g/mol. The van der Waals surface area contributed by atoms with Crippen LogP contribution in [0.15, 0.2) is 78.0 Å². The lowest BCUT2D eigenvalue weighted by atomic mass is 10.1. The number of nitrogens with one attached hydrogen (secondary N) is 1. The van der Waals surface area contributed by atoms with Gasteiger partial charge in [0.25, 0.3) is 0 Å². The second-order valence-electron chi connectivity index (χ2n) is 7.06. The monoisotopic (exact) mass is 464 g/mol. The van der Waals surface area contributed by atoms with Gasteiger partial charge in [0.2, 0.25) is 5.91 Å². The first-order chi connectivity index (χ1) is 15.5. The van der Waals surface area contributed by atoms with Crippen LogP contribution in [0.3, 0.4) is 0 Å². The maximum atomic E-state index is 12.5. The van der Waals surface area contributed by atoms with E-state index in [1.807, 2.05) is 54.0 Å². The zero-order chi connectivity index (χ0) is 22.5. The third-order valence-electron chi connectivity index (χ3n) is 4.68. The lowest BCUT2D eigenvalue weighted by molar-refractivity contribution is -0.113. The molecule has 0 saturated carbocycles. The number of thioether (sulfide) groups is 1. The van der Waals surface area contributed by atoms with Crippen molar-refractivity contribution in [1.82, 2.24) is 14.8 Å². The van der Waals surface area contributed by atoms with Gasteiger partial charge in [0.05, 0.1) is 12.9 Å². The fraction of sp³-hybridized carbons (Fsp3) is 0.125. The van der Waals surface area contributed by atoms with Crippen LogP contribution in [0.4, 0.5) is 5.69 Å². The highest BCUT2D eigenvalue weighted by Gasteiger charge is 2.18. The molecule has 0 aliphatic rings. The first-order valence-electron chi connectivity index (χ1n) is 9.88. The second-order valence-corrected chi connectivity index (χ2v) is 8.44. The van der Waals surface area contributed by atoms with E-state index >= 15 is 0 Å². The molecule has 1 N–H and O–H groups in total. The molecule has 6 nitrogen and oxygen atoms in total. The summed E-state index contributed by atoms with van der Waals surface area (Å²) in [6, 6.07) is 22.8. The summed E-state index contributed by atoms with van der Waals surface area (Å²) in [6.45, 7) is 2.04. The van der Waals surface area contributed by atoms with E-state index in [1.54, 1.807) is 31.4 Å². The van der Waals surface area contributed by atoms with E-state index in [9.17, 15) is 4.79 Å². The van der Waals surface area contributed by atoms with Crippen molar-refractivity contribution in [3.63, 3.8) is 0 Å². The lowest BCUT2D eigenvalue weighted by Crippen LogP contribution is -2.14. The first kappa shape index (κ1) is 21.9. The van der Waals surface area contributed by atoms with Crippen molar-refractivity contribution in [1.29, 1.82) is 0 Å². The standard InChI is InChI=1S/C24H21ClN4O2S/c1-16-5-3-6-17(13-16)23-27-28-24(29(23)20-9-11-21(31-2)12-10-20)32-15-22(30)26-19-8-4-7-18(25)14-19/h3-14H,15H2,1-2H3,(H,26,30). The smallest absolute Gasteiger partial charge is 0.234 e. The van der Waals surface area contributed by atoms with Crippen molar-refractivity contribution in [2.45, 2.75) is 12.1 Å². The molecule has 1 heterocycles. The van der Waals surface area contributed by atoms with E-state index in [4.69, 9.17) is 16.3 Å². The molecule has 1 amide bonds. The summed E-state index contributed by atoms with van der Waals surface area (Å²) < 4.78 is 7.23. The Hall–Kier alpha value is -3.29. The van der Waals surface area contributed by atoms with Gasteiger partial charge in [-0.2, -0.15) is 0 Å². The van der Waals surface area contributed by atoms with Gasteiger partial charge >= 0.3 is 0 Å². The molecule has 4 rings (SSSR count). The van der Waals surface area contributed by atoms with Gasteiger partial charge in [-0.1, -0.05) is 53.2 Å². The van der Waals surface area contributed by atoms with E-state index in [2.05, 4.69) is 21.6 Å². The second kappa shape index (κ2) is 9.89. The van der Waals surface area contributed by atoms with Gasteiger partial charge in [-0.15, -0.1) is 10.2 Å². The number of amides is 1. The predicted octanol–water partition coefficient (Wildman–Crippen LogP) is 5.64. The Balaban J connectivity index is 1.61. The number of hydrogen-bond donors (Lipinski definition) is 1. The lowest BCUT2D eigenvalue weighted by Gasteiger charge is -2.11. The fourth-order valence-corrected chi connectivity index (χ4v) is 4.13. The highest BCUT2D eigenvalue weighted by Crippen LogP contribution is 2.29. The normalized spacial score (nSPS) is 10.7. The molecule has 8 heteroatoms. The summed E-state index contributed by atoms with van der Waals surface area (Å²) in [5, 5.41) is 12.9. The molecule has 0 radical (unpaired) electrons. The third kappa shape index (κ3) is 5.12. The van der Waals surface area contributed by atoms with E-state index in [1.165, 1.54) is 11.8 Å². The topological polar surface area (TPSA) is 69.0 Å². The summed E-state index contributed by atoms with van der Waals surface area (Å²) in [4.78, 5) is 12.5. The van der Waals surface area contributed by atoms with Crippen molar-refractivity contribution in [3.05, 3.63) is 83.4 Å². The number of aromatic nitrogens is 3. The Morgan fingerprint density at radius 3 is 2.56 bits per heavy atom. The number of nitrogens with zero attached hydrogens (tertiary/aromatic N) is 3. The molecule has 0 atom stereocenters. The van der Waals surface area contributed by atoms with Crippen molar-refractivity contribution >= 4 is 35.0 Å². The van der Waals surface area contributed by atoms with E-state index in [0.717, 1.165) is 22.6 Å². The molecule has 0 saturated heterocycles. The Bertz CT molecular complexity index is 1240. The summed E-state index contributed by atoms with van der Waals surface area (Å²) in [5.74, 6) is 1.48. The molecule has 0 fully saturated rings. The van der Waals surface area contributed by atoms with E-state index in [-0.39, 0.29) is 11.7 Å². The van der Waals surface area contributed by atoms with Crippen LogP contribution in [0.5, 0.6) is 5.75 Å². The Morgan fingerprint density at radius 2 is 1.84 bits per heavy atom. The Labute approximate surface area is 195 Å². The number of hydrogen-bond acceptors (Lipinski definition) is 5. The number of halogens is 1. The first-order valence-corrected chi connectivity index (χ1v) is 11.2. The van der Waals surface area contributed by atoms with Gasteiger partial charge in [0, 0.05) is 22.0 Å². The SMILES string of the molecule is COc1ccc(-n2c(SCC(=O)Nc3cccc(Cl)c3)nnc2-c2cccc(C)c2)cc1. The van der Waals surface area contributed by atoms with Crippen LogP contribution in [0.2, 0.25) is 5.02 Å². The van der Waals surface area contributed by atoms with Crippen LogP contribution in [0.25, 0.3) is 17.1 Å². The number of rotatable bonds is 7. The van der Waals surface area contributed by atoms with Crippen molar-refractivity contribution in [2.24, 2.45) is 0 Å². The summed E-state index contributed by atoms with van der Waals surface area (Å²) in [5.41, 5.74) is 3.61. The quantitative estimate of drug-likeness (QED) is 0.359. The van der Waals surface area contributed by atoms with Crippen LogP contribution in [-0.2, 0) is 4.79 Å². The largest absolute Gasteiger partial charge is 0.497 e. The van der Waals surface area contributed by atoms with Gasteiger partial charge < -0.3 is 10.1 Å². The molecule has 0 unspecified atom stereocenters. The molecule has 4 aromatic rings. The molecule has 162 valence electrons. The Kier molecular flexibility index (Phi) is 6.78. The van der Waals surface area contributed by atoms with E-state index < -0.39 is 0 Å². The molecule has 0 bridgehead atoms. The van der Waals surface area contributed by atoms with Crippen LogP contribution in [0, 0.1) is 6.92 Å². The number of carbonyl (C=O) groups excluding carboxylic acids is 1. The minimum absolute atomic E-state index is 0.154. The van der Waals surface area contributed by atoms with Crippen LogP contribution < -0.4 is 10.1 Å². The molecule has 3 aromatic carbocycles. The van der Waals surface area contributed by atoms with Crippen molar-refractivity contribution in [3.8, 4) is 22.8 Å². The van der Waals surface area contributed by atoms with E-state index in [0.29, 0.717) is 21.7 Å². The van der Waals surface area contributed by atoms with Gasteiger partial charge in [0.1, 0.15) is 5.75 Å². The third-order valence-corrected chi connectivity index (χ3v) is 5.85. The number of benzene rings is 3. The summed E-state index contributed by atoms with van der Waals surface area (Å²) >= 11 is 7.31. The zero-order valence-corrected chi connectivity index (χ0v) is 19.2. The van der Waals surface area contributed by atoms with Gasteiger partial charge in [-0.05, 0) is 55.5 Å². The minimum Gasteiger partial charge on any atom is -0.497 e. The molecule has 0 spiro atoms. The average Bonchev–Trinajstić information content (AvgIpc) is 3.22. The number of anilines is 1. The maximum absolute atomic E-state index is 12.5. The van der Waals surface area contributed by atoms with Crippen molar-refractivity contribution in [2.75, 3.05) is 18.2 Å².